The van der Waals surface area contributed by atoms with E-state index in [0.717, 1.165) is 11.6 Å². The number of thiocarbonyl (C=S) groups is 2. The van der Waals surface area contributed by atoms with E-state index >= 15 is 0 Å². The molecule has 1 aromatic rings. The molecule has 0 amide bonds. The van der Waals surface area contributed by atoms with E-state index in [1.165, 1.54) is 24.8 Å². The lowest BCUT2D eigenvalue weighted by molar-refractivity contribution is 0.224. The van der Waals surface area contributed by atoms with Gasteiger partial charge in [-0.15, -0.1) is 0 Å². The second-order valence-electron chi connectivity index (χ2n) is 6.42. The largest absolute Gasteiger partial charge is 0.358 e. The summed E-state index contributed by atoms with van der Waals surface area (Å²) in [4.78, 5) is 0. The Labute approximate surface area is 149 Å². The Bertz CT molecular complexity index is 561. The minimum Gasteiger partial charge on any atom is -0.358 e. The second kappa shape index (κ2) is 8.45. The van der Waals surface area contributed by atoms with Crippen LogP contribution in [0.4, 0.5) is 5.69 Å². The van der Waals surface area contributed by atoms with Crippen LogP contribution < -0.4 is 21.5 Å². The van der Waals surface area contributed by atoms with Gasteiger partial charge in [-0.25, -0.2) is 0 Å². The van der Waals surface area contributed by atoms with E-state index in [1.54, 1.807) is 0 Å². The summed E-state index contributed by atoms with van der Waals surface area (Å²) in [5, 5.41) is 7.60. The van der Waals surface area contributed by atoms with Crippen LogP contribution in [-0.2, 0) is 0 Å². The Hall–Kier alpha value is -1.40. The van der Waals surface area contributed by atoms with E-state index in [-0.39, 0.29) is 0 Å². The minimum atomic E-state index is 0.429. The third kappa shape index (κ3) is 5.62. The molecule has 0 spiro atoms. The summed E-state index contributed by atoms with van der Waals surface area (Å²) in [6, 6.07) is 8.48. The van der Waals surface area contributed by atoms with Gasteiger partial charge in [-0.1, -0.05) is 38.8 Å². The highest BCUT2D eigenvalue weighted by atomic mass is 32.1. The standard InChI is InChI=1S/C17H26N4S2/c1-11-6-4-8-14(10-11)18-16(22)20-21-17(23)19-15-9-5-7-12(2)13(15)3/h4,6,8,10,12-13,15H,5,7,9H2,1-3H3,(H2,18,20,22)(H2,19,21,23)/t12-,13-,15+/m0/s1. The summed E-state index contributed by atoms with van der Waals surface area (Å²) in [6.45, 7) is 6.65. The Kier molecular flexibility index (Phi) is 6.59. The van der Waals surface area contributed by atoms with Crippen molar-refractivity contribution in [3.05, 3.63) is 29.8 Å². The fourth-order valence-electron chi connectivity index (χ4n) is 2.99. The van der Waals surface area contributed by atoms with Crippen LogP contribution in [0, 0.1) is 18.8 Å². The molecule has 0 aromatic heterocycles. The van der Waals surface area contributed by atoms with Gasteiger partial charge in [-0.2, -0.15) is 0 Å². The molecule has 1 aliphatic rings. The SMILES string of the molecule is Cc1cccc(NC(=S)NNC(=S)N[C@@H]2CCC[C@H](C)[C@@H]2C)c1. The monoisotopic (exact) mass is 350 g/mol. The molecule has 2 rings (SSSR count). The van der Waals surface area contributed by atoms with E-state index < -0.39 is 0 Å². The van der Waals surface area contributed by atoms with Crippen molar-refractivity contribution in [3.63, 3.8) is 0 Å². The molecule has 1 aromatic carbocycles. The minimum absolute atomic E-state index is 0.429. The lowest BCUT2D eigenvalue weighted by Gasteiger charge is -2.35. The van der Waals surface area contributed by atoms with Crippen molar-refractivity contribution in [2.45, 2.75) is 46.1 Å². The molecular weight excluding hydrogens is 324 g/mol. The zero-order valence-electron chi connectivity index (χ0n) is 14.0. The molecule has 0 aliphatic heterocycles. The van der Waals surface area contributed by atoms with Crippen molar-refractivity contribution >= 4 is 40.3 Å². The normalized spacial score (nSPS) is 23.7. The first-order chi connectivity index (χ1) is 11.0. The topological polar surface area (TPSA) is 48.1 Å². The van der Waals surface area contributed by atoms with Gasteiger partial charge in [0.2, 0.25) is 0 Å². The van der Waals surface area contributed by atoms with Crippen molar-refractivity contribution in [1.82, 2.24) is 16.2 Å². The zero-order valence-corrected chi connectivity index (χ0v) is 15.6. The van der Waals surface area contributed by atoms with Gasteiger partial charge in [-0.3, -0.25) is 10.9 Å². The molecule has 0 bridgehead atoms. The van der Waals surface area contributed by atoms with E-state index in [4.69, 9.17) is 24.4 Å². The Balaban J connectivity index is 1.74. The number of benzene rings is 1. The molecule has 23 heavy (non-hydrogen) atoms. The summed E-state index contributed by atoms with van der Waals surface area (Å²) < 4.78 is 0. The van der Waals surface area contributed by atoms with Gasteiger partial charge in [0.15, 0.2) is 10.2 Å². The highest BCUT2D eigenvalue weighted by Crippen LogP contribution is 2.29. The molecule has 1 fully saturated rings. The van der Waals surface area contributed by atoms with Crippen molar-refractivity contribution in [2.24, 2.45) is 11.8 Å². The highest BCUT2D eigenvalue weighted by Gasteiger charge is 2.27. The molecule has 4 nitrogen and oxygen atoms in total. The van der Waals surface area contributed by atoms with Crippen LogP contribution in [0.5, 0.6) is 0 Å². The number of hydrazine groups is 1. The number of hydrogen-bond donors (Lipinski definition) is 4. The summed E-state index contributed by atoms with van der Waals surface area (Å²) in [5.41, 5.74) is 8.04. The number of anilines is 1. The Morgan fingerprint density at radius 1 is 1.09 bits per heavy atom. The van der Waals surface area contributed by atoms with Crippen molar-refractivity contribution < 1.29 is 0 Å². The van der Waals surface area contributed by atoms with Crippen LogP contribution in [0.3, 0.4) is 0 Å². The van der Waals surface area contributed by atoms with Crippen LogP contribution in [0.2, 0.25) is 0 Å². The van der Waals surface area contributed by atoms with Gasteiger partial charge in [0.05, 0.1) is 0 Å². The van der Waals surface area contributed by atoms with Gasteiger partial charge in [0, 0.05) is 11.7 Å². The van der Waals surface area contributed by atoms with Gasteiger partial charge in [0.25, 0.3) is 0 Å². The fourth-order valence-corrected chi connectivity index (χ4v) is 3.36. The highest BCUT2D eigenvalue weighted by molar-refractivity contribution is 7.80. The van der Waals surface area contributed by atoms with E-state index in [1.807, 2.05) is 31.2 Å². The molecule has 0 saturated heterocycles. The van der Waals surface area contributed by atoms with Crippen LogP contribution >= 0.6 is 24.4 Å². The van der Waals surface area contributed by atoms with E-state index in [2.05, 4.69) is 35.3 Å². The van der Waals surface area contributed by atoms with Crippen molar-refractivity contribution in [1.29, 1.82) is 0 Å². The van der Waals surface area contributed by atoms with Gasteiger partial charge >= 0.3 is 0 Å². The molecule has 6 heteroatoms. The van der Waals surface area contributed by atoms with Crippen molar-refractivity contribution in [3.8, 4) is 0 Å². The number of rotatable bonds is 2. The lowest BCUT2D eigenvalue weighted by atomic mass is 9.78. The van der Waals surface area contributed by atoms with Gasteiger partial charge < -0.3 is 10.6 Å². The molecule has 126 valence electrons. The number of nitrogens with one attached hydrogen (secondary N) is 4. The van der Waals surface area contributed by atoms with Crippen molar-refractivity contribution in [2.75, 3.05) is 5.32 Å². The third-order valence-corrected chi connectivity index (χ3v) is 5.01. The van der Waals surface area contributed by atoms with Gasteiger partial charge in [0.1, 0.15) is 0 Å². The van der Waals surface area contributed by atoms with Gasteiger partial charge in [-0.05, 0) is 67.3 Å². The summed E-state index contributed by atoms with van der Waals surface area (Å²) in [5.74, 6) is 1.36. The average molecular weight is 351 g/mol. The Morgan fingerprint density at radius 3 is 2.57 bits per heavy atom. The Morgan fingerprint density at radius 2 is 1.83 bits per heavy atom. The van der Waals surface area contributed by atoms with E-state index in [9.17, 15) is 0 Å². The molecular formula is C17H26N4S2. The van der Waals surface area contributed by atoms with E-state index in [0.29, 0.717) is 22.2 Å². The first-order valence-electron chi connectivity index (χ1n) is 8.16. The van der Waals surface area contributed by atoms with Crippen LogP contribution in [-0.4, -0.2) is 16.3 Å². The van der Waals surface area contributed by atoms with Crippen LogP contribution in [0.25, 0.3) is 0 Å². The average Bonchev–Trinajstić information content (AvgIpc) is 2.50. The van der Waals surface area contributed by atoms with Crippen LogP contribution in [0.1, 0.15) is 38.7 Å². The molecule has 1 aliphatic carbocycles. The predicted octanol–water partition coefficient (Wildman–Crippen LogP) is 3.49. The quantitative estimate of drug-likeness (QED) is 0.484. The molecule has 3 atom stereocenters. The molecule has 0 heterocycles. The summed E-state index contributed by atoms with van der Waals surface area (Å²) in [7, 11) is 0. The first-order valence-corrected chi connectivity index (χ1v) is 8.97. The summed E-state index contributed by atoms with van der Waals surface area (Å²) >= 11 is 10.6. The molecule has 4 N–H and O–H groups in total. The maximum atomic E-state index is 5.36. The smallest absolute Gasteiger partial charge is 0.189 e. The predicted molar refractivity (Wildman–Crippen MR) is 105 cm³/mol. The zero-order chi connectivity index (χ0) is 16.8. The molecule has 1 saturated carbocycles. The maximum absolute atomic E-state index is 5.36. The lowest BCUT2D eigenvalue weighted by Crippen LogP contribution is -2.53. The second-order valence-corrected chi connectivity index (χ2v) is 7.24. The number of aryl methyl sites for hydroxylation is 1. The van der Waals surface area contributed by atoms with Crippen LogP contribution in [0.15, 0.2) is 24.3 Å². The maximum Gasteiger partial charge on any atom is 0.189 e. The number of hydrogen-bond acceptors (Lipinski definition) is 2. The molecule has 0 unspecified atom stereocenters. The fraction of sp³-hybridized carbons (Fsp3) is 0.529. The third-order valence-electron chi connectivity index (χ3n) is 4.59. The first kappa shape index (κ1) is 17.9. The molecule has 0 radical (unpaired) electrons. The summed E-state index contributed by atoms with van der Waals surface area (Å²) in [6.07, 6.45) is 3.73.